The van der Waals surface area contributed by atoms with Crippen LogP contribution in [0.15, 0.2) is 60.7 Å². The molecule has 2 aromatic carbocycles. The summed E-state index contributed by atoms with van der Waals surface area (Å²) in [5, 5.41) is 11.2. The first-order valence-electron chi connectivity index (χ1n) is 7.91. The highest BCUT2D eigenvalue weighted by Crippen LogP contribution is 2.57. The molecule has 0 saturated heterocycles. The van der Waals surface area contributed by atoms with Crippen LogP contribution < -0.4 is 9.05 Å². The van der Waals surface area contributed by atoms with Gasteiger partial charge in [0.1, 0.15) is 11.5 Å². The molecular formula is C18H22NO5P. The Morgan fingerprint density at radius 3 is 1.68 bits per heavy atom. The molecule has 2 rings (SSSR count). The van der Waals surface area contributed by atoms with Gasteiger partial charge in [0.05, 0.1) is 0 Å². The second-order valence-corrected chi connectivity index (χ2v) is 8.81. The maximum Gasteiger partial charge on any atom is 0.440 e. The molecule has 0 aliphatic rings. The van der Waals surface area contributed by atoms with Crippen LogP contribution in [0.3, 0.4) is 0 Å². The van der Waals surface area contributed by atoms with E-state index in [1.165, 1.54) is 0 Å². The van der Waals surface area contributed by atoms with Crippen LogP contribution in [0.1, 0.15) is 20.8 Å². The molecule has 0 aliphatic carbocycles. The lowest BCUT2D eigenvalue weighted by molar-refractivity contribution is -0.481. The van der Waals surface area contributed by atoms with Crippen LogP contribution in [0.2, 0.25) is 0 Å². The molecule has 0 aliphatic heterocycles. The molecule has 0 spiro atoms. The summed E-state index contributed by atoms with van der Waals surface area (Å²) in [7, 11) is -3.89. The van der Waals surface area contributed by atoms with E-state index in [2.05, 4.69) is 0 Å². The highest BCUT2D eigenvalue weighted by molar-refractivity contribution is 7.55. The van der Waals surface area contributed by atoms with Crippen molar-refractivity contribution in [1.82, 2.24) is 0 Å². The molecule has 6 nitrogen and oxygen atoms in total. The molecule has 1 unspecified atom stereocenters. The minimum absolute atomic E-state index is 0.347. The molecule has 0 heterocycles. The van der Waals surface area contributed by atoms with Crippen LogP contribution in [0, 0.1) is 15.5 Å². The summed E-state index contributed by atoms with van der Waals surface area (Å²) in [6.07, 6.45) is 0. The van der Waals surface area contributed by atoms with Crippen LogP contribution in [0.25, 0.3) is 0 Å². The number of benzene rings is 2. The Morgan fingerprint density at radius 2 is 1.36 bits per heavy atom. The molecule has 25 heavy (non-hydrogen) atoms. The first-order valence-corrected chi connectivity index (χ1v) is 9.53. The van der Waals surface area contributed by atoms with E-state index in [1.54, 1.807) is 81.4 Å². The quantitative estimate of drug-likeness (QED) is 0.392. The Balaban J connectivity index is 2.45. The highest BCUT2D eigenvalue weighted by atomic mass is 31.2. The lowest BCUT2D eigenvalue weighted by Crippen LogP contribution is -2.36. The molecule has 0 aromatic heterocycles. The Morgan fingerprint density at radius 1 is 0.960 bits per heavy atom. The first-order chi connectivity index (χ1) is 11.7. The third-order valence-electron chi connectivity index (χ3n) is 3.66. The van der Waals surface area contributed by atoms with Crippen LogP contribution in [-0.4, -0.2) is 17.1 Å². The molecule has 134 valence electrons. The summed E-state index contributed by atoms with van der Waals surface area (Å²) in [5.74, 6) is 0.693. The van der Waals surface area contributed by atoms with Gasteiger partial charge in [0.25, 0.3) is 0 Å². The topological polar surface area (TPSA) is 78.7 Å². The van der Waals surface area contributed by atoms with Crippen molar-refractivity contribution in [2.45, 2.75) is 26.4 Å². The van der Waals surface area contributed by atoms with Crippen molar-refractivity contribution >= 4 is 7.60 Å². The van der Waals surface area contributed by atoms with E-state index in [9.17, 15) is 14.7 Å². The predicted molar refractivity (Wildman–Crippen MR) is 96.9 cm³/mol. The smallest absolute Gasteiger partial charge is 0.416 e. The van der Waals surface area contributed by atoms with Gasteiger partial charge in [-0.25, -0.2) is 4.57 Å². The zero-order valence-corrected chi connectivity index (χ0v) is 15.4. The molecule has 7 heteroatoms. The van der Waals surface area contributed by atoms with E-state index in [-0.39, 0.29) is 0 Å². The maximum absolute atomic E-state index is 13.7. The second kappa shape index (κ2) is 7.70. The molecule has 1 atom stereocenters. The lowest BCUT2D eigenvalue weighted by atomic mass is 9.92. The van der Waals surface area contributed by atoms with Crippen molar-refractivity contribution in [3.63, 3.8) is 0 Å². The summed E-state index contributed by atoms with van der Waals surface area (Å²) < 4.78 is 25.1. The average molecular weight is 363 g/mol. The van der Waals surface area contributed by atoms with Crippen molar-refractivity contribution in [1.29, 1.82) is 0 Å². The molecule has 0 amide bonds. The fourth-order valence-corrected chi connectivity index (χ4v) is 4.80. The van der Waals surface area contributed by atoms with Gasteiger partial charge in [-0.1, -0.05) is 57.2 Å². The van der Waals surface area contributed by atoms with E-state index in [1.807, 2.05) is 0 Å². The van der Waals surface area contributed by atoms with Crippen LogP contribution in [0.5, 0.6) is 11.5 Å². The van der Waals surface area contributed by atoms with Gasteiger partial charge in [0, 0.05) is 4.92 Å². The van der Waals surface area contributed by atoms with Gasteiger partial charge < -0.3 is 9.05 Å². The van der Waals surface area contributed by atoms with Gasteiger partial charge in [-0.2, -0.15) is 0 Å². The number of rotatable bonds is 7. The van der Waals surface area contributed by atoms with Crippen molar-refractivity contribution in [3.05, 3.63) is 70.8 Å². The van der Waals surface area contributed by atoms with E-state index in [0.717, 1.165) is 0 Å². The maximum atomic E-state index is 13.7. The SMILES string of the molecule is CC(C)(C)C(C[N+](=O)[O-])P(=O)(Oc1ccccc1)Oc1ccccc1. The molecular weight excluding hydrogens is 341 g/mol. The van der Waals surface area contributed by atoms with Crippen molar-refractivity contribution in [3.8, 4) is 11.5 Å². The molecule has 0 saturated carbocycles. The standard InChI is InChI=1S/C18H22NO5P/c1-18(2,3)17(14-19(20)21)25(22,23-15-10-6-4-7-11-15)24-16-12-8-5-9-13-16/h4-13,17H,14H2,1-3H3. The number of nitrogens with zero attached hydrogens (tertiary/aromatic N) is 1. The van der Waals surface area contributed by atoms with Gasteiger partial charge >= 0.3 is 7.60 Å². The third kappa shape index (κ3) is 5.33. The largest absolute Gasteiger partial charge is 0.440 e. The summed E-state index contributed by atoms with van der Waals surface area (Å²) in [6.45, 7) is 4.85. The summed E-state index contributed by atoms with van der Waals surface area (Å²) in [6, 6.07) is 17.1. The fourth-order valence-electron chi connectivity index (χ4n) is 2.39. The number of hydrogen-bond donors (Lipinski definition) is 0. The Labute approximate surface area is 147 Å². The average Bonchev–Trinajstić information content (AvgIpc) is 2.53. The highest BCUT2D eigenvalue weighted by Gasteiger charge is 2.49. The fraction of sp³-hybridized carbons (Fsp3) is 0.333. The van der Waals surface area contributed by atoms with Crippen molar-refractivity contribution in [2.75, 3.05) is 6.54 Å². The van der Waals surface area contributed by atoms with Crippen LogP contribution in [0.4, 0.5) is 0 Å². The van der Waals surface area contributed by atoms with E-state index in [0.29, 0.717) is 11.5 Å². The van der Waals surface area contributed by atoms with Gasteiger partial charge in [-0.05, 0) is 29.7 Å². The van der Waals surface area contributed by atoms with Gasteiger partial charge in [0.2, 0.25) is 6.54 Å². The Hall–Kier alpha value is -2.33. The lowest BCUT2D eigenvalue weighted by Gasteiger charge is -2.33. The van der Waals surface area contributed by atoms with Gasteiger partial charge in [-0.3, -0.25) is 10.1 Å². The number of para-hydroxylation sites is 2. The summed E-state index contributed by atoms with van der Waals surface area (Å²) in [4.78, 5) is 10.7. The van der Waals surface area contributed by atoms with Gasteiger partial charge in [-0.15, -0.1) is 0 Å². The molecule has 0 fully saturated rings. The summed E-state index contributed by atoms with van der Waals surface area (Å²) in [5.41, 5.74) is -1.58. The van der Waals surface area contributed by atoms with E-state index >= 15 is 0 Å². The Bertz CT molecular complexity index is 698. The Kier molecular flexibility index (Phi) is 5.85. The minimum atomic E-state index is -3.89. The normalized spacial score (nSPS) is 13.1. The van der Waals surface area contributed by atoms with E-state index in [4.69, 9.17) is 9.05 Å². The minimum Gasteiger partial charge on any atom is -0.416 e. The molecule has 0 N–H and O–H groups in total. The van der Waals surface area contributed by atoms with Gasteiger partial charge in [0.15, 0.2) is 5.66 Å². The van der Waals surface area contributed by atoms with Crippen molar-refractivity contribution in [2.24, 2.45) is 5.41 Å². The van der Waals surface area contributed by atoms with Crippen molar-refractivity contribution < 1.29 is 18.5 Å². The number of hydrogen-bond acceptors (Lipinski definition) is 5. The number of nitro groups is 1. The molecule has 0 bridgehead atoms. The zero-order valence-electron chi connectivity index (χ0n) is 14.5. The first kappa shape index (κ1) is 19.0. The monoisotopic (exact) mass is 363 g/mol. The molecule has 2 aromatic rings. The molecule has 0 radical (unpaired) electrons. The third-order valence-corrected chi connectivity index (χ3v) is 6.29. The second-order valence-electron chi connectivity index (χ2n) is 6.75. The van der Waals surface area contributed by atoms with Crippen LogP contribution in [-0.2, 0) is 4.57 Å². The summed E-state index contributed by atoms with van der Waals surface area (Å²) >= 11 is 0. The predicted octanol–water partition coefficient (Wildman–Crippen LogP) is 5.03. The van der Waals surface area contributed by atoms with Crippen LogP contribution >= 0.6 is 7.60 Å². The zero-order chi connectivity index (χ0) is 18.5. The van der Waals surface area contributed by atoms with E-state index < -0.39 is 30.1 Å².